The molecule has 3 unspecified atom stereocenters. The lowest BCUT2D eigenvalue weighted by Gasteiger charge is -2.47. The third kappa shape index (κ3) is 3.31. The molecule has 1 heterocycles. The Balaban J connectivity index is 2.22. The molecule has 21 heavy (non-hydrogen) atoms. The molecule has 5 heteroatoms. The van der Waals surface area contributed by atoms with Gasteiger partial charge >= 0.3 is 12.0 Å². The molecule has 1 aliphatic carbocycles. The molecule has 2 N–H and O–H groups in total. The number of likely N-dealkylation sites (tertiary alicyclic amines) is 1. The SMILES string of the molecule is C#CC(C)(C)NC(=O)N1C(C(=O)O)CCC2CCCCC21. The predicted molar refractivity (Wildman–Crippen MR) is 79.7 cm³/mol. The number of hydrogen-bond acceptors (Lipinski definition) is 2. The monoisotopic (exact) mass is 292 g/mol. The number of amides is 2. The van der Waals surface area contributed by atoms with Crippen LogP contribution in [0.4, 0.5) is 4.79 Å². The van der Waals surface area contributed by atoms with Gasteiger partial charge < -0.3 is 15.3 Å². The van der Waals surface area contributed by atoms with E-state index in [0.29, 0.717) is 12.3 Å². The predicted octanol–water partition coefficient (Wildman–Crippen LogP) is 2.22. The van der Waals surface area contributed by atoms with Crippen molar-refractivity contribution in [1.29, 1.82) is 0 Å². The lowest BCUT2D eigenvalue weighted by molar-refractivity contribution is -0.145. The van der Waals surface area contributed by atoms with Crippen LogP contribution in [0.25, 0.3) is 0 Å². The molecule has 5 nitrogen and oxygen atoms in total. The highest BCUT2D eigenvalue weighted by Gasteiger charge is 2.44. The molecule has 1 aliphatic heterocycles. The minimum Gasteiger partial charge on any atom is -0.480 e. The lowest BCUT2D eigenvalue weighted by Crippen LogP contribution is -2.62. The highest BCUT2D eigenvalue weighted by atomic mass is 16.4. The summed E-state index contributed by atoms with van der Waals surface area (Å²) >= 11 is 0. The normalized spacial score (nSPS) is 29.2. The summed E-state index contributed by atoms with van der Waals surface area (Å²) in [6.45, 7) is 3.48. The maximum Gasteiger partial charge on any atom is 0.326 e. The summed E-state index contributed by atoms with van der Waals surface area (Å²) in [6.07, 6.45) is 11.0. The van der Waals surface area contributed by atoms with Crippen LogP contribution in [0.1, 0.15) is 52.4 Å². The first-order chi connectivity index (χ1) is 9.85. The Labute approximate surface area is 126 Å². The number of carbonyl (C=O) groups is 2. The van der Waals surface area contributed by atoms with Crippen molar-refractivity contribution in [2.24, 2.45) is 5.92 Å². The largest absolute Gasteiger partial charge is 0.480 e. The summed E-state index contributed by atoms with van der Waals surface area (Å²) in [7, 11) is 0. The molecule has 0 spiro atoms. The Morgan fingerprint density at radius 1 is 1.24 bits per heavy atom. The van der Waals surface area contributed by atoms with Crippen molar-refractivity contribution in [2.45, 2.75) is 70.0 Å². The maximum atomic E-state index is 12.6. The molecule has 2 amide bonds. The van der Waals surface area contributed by atoms with Crippen LogP contribution in [0.3, 0.4) is 0 Å². The van der Waals surface area contributed by atoms with E-state index in [9.17, 15) is 14.7 Å². The molecule has 3 atom stereocenters. The quantitative estimate of drug-likeness (QED) is 0.767. The number of nitrogens with one attached hydrogen (secondary N) is 1. The highest BCUT2D eigenvalue weighted by molar-refractivity contribution is 5.84. The van der Waals surface area contributed by atoms with Crippen LogP contribution in [0, 0.1) is 18.3 Å². The van der Waals surface area contributed by atoms with Crippen LogP contribution in [-0.4, -0.2) is 39.6 Å². The second-order valence-electron chi connectivity index (χ2n) is 6.65. The van der Waals surface area contributed by atoms with E-state index < -0.39 is 17.6 Å². The van der Waals surface area contributed by atoms with E-state index >= 15 is 0 Å². The molecule has 2 rings (SSSR count). The van der Waals surface area contributed by atoms with Gasteiger partial charge in [-0.25, -0.2) is 9.59 Å². The first-order valence-electron chi connectivity index (χ1n) is 7.67. The van der Waals surface area contributed by atoms with Crippen molar-refractivity contribution in [3.63, 3.8) is 0 Å². The zero-order valence-electron chi connectivity index (χ0n) is 12.8. The van der Waals surface area contributed by atoms with E-state index in [0.717, 1.165) is 25.7 Å². The van der Waals surface area contributed by atoms with Crippen molar-refractivity contribution in [3.05, 3.63) is 0 Å². The first kappa shape index (κ1) is 15.7. The van der Waals surface area contributed by atoms with E-state index in [1.54, 1.807) is 18.7 Å². The molecule has 116 valence electrons. The van der Waals surface area contributed by atoms with Crippen LogP contribution < -0.4 is 5.32 Å². The minimum atomic E-state index is -0.923. The van der Waals surface area contributed by atoms with Gasteiger partial charge in [-0.15, -0.1) is 6.42 Å². The van der Waals surface area contributed by atoms with Crippen molar-refractivity contribution < 1.29 is 14.7 Å². The number of aliphatic carboxylic acids is 1. The first-order valence-corrected chi connectivity index (χ1v) is 7.67. The van der Waals surface area contributed by atoms with Gasteiger partial charge in [0, 0.05) is 6.04 Å². The molecule has 1 saturated carbocycles. The van der Waals surface area contributed by atoms with Crippen LogP contribution >= 0.6 is 0 Å². The summed E-state index contributed by atoms with van der Waals surface area (Å²) in [5.41, 5.74) is -0.776. The topological polar surface area (TPSA) is 69.6 Å². The van der Waals surface area contributed by atoms with Crippen LogP contribution in [0.5, 0.6) is 0 Å². The number of carbonyl (C=O) groups excluding carboxylic acids is 1. The third-order valence-electron chi connectivity index (χ3n) is 4.67. The fourth-order valence-electron chi connectivity index (χ4n) is 3.54. The average molecular weight is 292 g/mol. The second kappa shape index (κ2) is 5.97. The Bertz CT molecular complexity index is 467. The van der Waals surface area contributed by atoms with Gasteiger partial charge in [-0.2, -0.15) is 0 Å². The van der Waals surface area contributed by atoms with Gasteiger partial charge in [-0.05, 0) is 45.4 Å². The molecular formula is C16H24N2O3. The van der Waals surface area contributed by atoms with E-state index in [1.165, 1.54) is 6.42 Å². The van der Waals surface area contributed by atoms with Crippen molar-refractivity contribution in [1.82, 2.24) is 10.2 Å². The summed E-state index contributed by atoms with van der Waals surface area (Å²) in [6, 6.07) is -1.05. The number of nitrogens with zero attached hydrogens (tertiary/aromatic N) is 1. The fraction of sp³-hybridized carbons (Fsp3) is 0.750. The number of fused-ring (bicyclic) bond motifs is 1. The smallest absolute Gasteiger partial charge is 0.326 e. The van der Waals surface area contributed by atoms with E-state index in [1.807, 2.05) is 0 Å². The van der Waals surface area contributed by atoms with Crippen molar-refractivity contribution in [2.75, 3.05) is 0 Å². The number of terminal acetylenes is 1. The van der Waals surface area contributed by atoms with Gasteiger partial charge in [0.2, 0.25) is 0 Å². The Morgan fingerprint density at radius 2 is 1.90 bits per heavy atom. The molecule has 2 aliphatic rings. The molecule has 2 fully saturated rings. The second-order valence-corrected chi connectivity index (χ2v) is 6.65. The highest BCUT2D eigenvalue weighted by Crippen LogP contribution is 2.38. The van der Waals surface area contributed by atoms with Gasteiger partial charge in [-0.1, -0.05) is 18.8 Å². The lowest BCUT2D eigenvalue weighted by atomic mass is 9.76. The van der Waals surface area contributed by atoms with Crippen LogP contribution in [0.15, 0.2) is 0 Å². The number of carboxylic acids is 1. The Kier molecular flexibility index (Phi) is 4.46. The van der Waals surface area contributed by atoms with Crippen LogP contribution in [-0.2, 0) is 4.79 Å². The zero-order chi connectivity index (χ0) is 15.6. The molecule has 0 aromatic heterocycles. The summed E-state index contributed by atoms with van der Waals surface area (Å²) in [5.74, 6) is 2.02. The zero-order valence-corrected chi connectivity index (χ0v) is 12.8. The van der Waals surface area contributed by atoms with Gasteiger partial charge in [0.1, 0.15) is 6.04 Å². The number of carboxylic acid groups (broad SMARTS) is 1. The van der Waals surface area contributed by atoms with Gasteiger partial charge in [0.15, 0.2) is 0 Å². The Hall–Kier alpha value is -1.70. The van der Waals surface area contributed by atoms with E-state index in [4.69, 9.17) is 6.42 Å². The number of piperidine rings is 1. The number of rotatable bonds is 2. The van der Waals surface area contributed by atoms with Crippen molar-refractivity contribution in [3.8, 4) is 12.3 Å². The van der Waals surface area contributed by atoms with E-state index in [-0.39, 0.29) is 12.1 Å². The summed E-state index contributed by atoms with van der Waals surface area (Å²) in [5, 5.41) is 12.2. The summed E-state index contributed by atoms with van der Waals surface area (Å²) < 4.78 is 0. The third-order valence-corrected chi connectivity index (χ3v) is 4.67. The standard InChI is InChI=1S/C16H24N2O3/c1-4-16(2,3)17-15(21)18-12-8-6-5-7-11(12)9-10-13(18)14(19)20/h1,11-13H,5-10H2,2-3H3,(H,17,21)(H,19,20). The average Bonchev–Trinajstić information content (AvgIpc) is 2.45. The van der Waals surface area contributed by atoms with Gasteiger partial charge in [0.25, 0.3) is 0 Å². The van der Waals surface area contributed by atoms with Gasteiger partial charge in [0.05, 0.1) is 5.54 Å². The fourth-order valence-corrected chi connectivity index (χ4v) is 3.54. The minimum absolute atomic E-state index is 0.0298. The molecule has 0 bridgehead atoms. The number of hydrogen-bond donors (Lipinski definition) is 2. The Morgan fingerprint density at radius 3 is 2.52 bits per heavy atom. The molecule has 1 saturated heterocycles. The van der Waals surface area contributed by atoms with E-state index in [2.05, 4.69) is 11.2 Å². The van der Waals surface area contributed by atoms with Crippen molar-refractivity contribution >= 4 is 12.0 Å². The maximum absolute atomic E-state index is 12.6. The summed E-state index contributed by atoms with van der Waals surface area (Å²) in [4.78, 5) is 25.7. The van der Waals surface area contributed by atoms with Crippen LogP contribution in [0.2, 0.25) is 0 Å². The molecule has 0 aromatic rings. The number of urea groups is 1. The molecule has 0 radical (unpaired) electrons. The van der Waals surface area contributed by atoms with Gasteiger partial charge in [-0.3, -0.25) is 0 Å². The molecule has 0 aromatic carbocycles. The molecular weight excluding hydrogens is 268 g/mol.